The minimum absolute atomic E-state index is 0.734. The lowest BCUT2D eigenvalue weighted by atomic mass is 10.1. The fraction of sp³-hybridized carbons (Fsp3) is 0.600. The average molecular weight is 234 g/mol. The highest BCUT2D eigenvalue weighted by Gasteiger charge is 1.97. The fourth-order valence-electron chi connectivity index (χ4n) is 1.80. The Balaban J connectivity index is 2.30. The van der Waals surface area contributed by atoms with Crippen molar-refractivity contribution in [2.24, 2.45) is 5.92 Å². The molecule has 1 aromatic carbocycles. The Morgan fingerprint density at radius 2 is 1.65 bits per heavy atom. The van der Waals surface area contributed by atoms with E-state index in [1.54, 1.807) is 0 Å². The first-order valence-electron chi connectivity index (χ1n) is 6.51. The Kier molecular flexibility index (Phi) is 6.23. The predicted molar refractivity (Wildman–Crippen MR) is 75.2 cm³/mol. The first-order chi connectivity index (χ1) is 8.08. The van der Waals surface area contributed by atoms with Gasteiger partial charge in [0.15, 0.2) is 0 Å². The van der Waals surface area contributed by atoms with E-state index < -0.39 is 0 Å². The summed E-state index contributed by atoms with van der Waals surface area (Å²) in [5.74, 6) is 0.734. The van der Waals surface area contributed by atoms with Crippen LogP contribution in [0.4, 0.5) is 0 Å². The van der Waals surface area contributed by atoms with Gasteiger partial charge in [-0.3, -0.25) is 0 Å². The molecule has 0 aliphatic rings. The molecule has 0 heterocycles. The molecule has 0 atom stereocenters. The summed E-state index contributed by atoms with van der Waals surface area (Å²) in [7, 11) is 4.20. The summed E-state index contributed by atoms with van der Waals surface area (Å²) in [5.41, 5.74) is 2.80. The topological polar surface area (TPSA) is 15.3 Å². The van der Waals surface area contributed by atoms with E-state index in [0.717, 1.165) is 32.0 Å². The van der Waals surface area contributed by atoms with Crippen molar-refractivity contribution in [3.8, 4) is 0 Å². The first-order valence-corrected chi connectivity index (χ1v) is 6.51. The molecule has 0 unspecified atom stereocenters. The Bertz CT molecular complexity index is 301. The molecule has 1 aromatic rings. The summed E-state index contributed by atoms with van der Waals surface area (Å²) in [4.78, 5) is 2.19. The molecule has 0 amide bonds. The standard InChI is InChI=1S/C15H26N2/c1-13(2)11-16-10-9-14-5-7-15(8-6-14)12-17(3)4/h5-8,13,16H,9-12H2,1-4H3. The molecular weight excluding hydrogens is 208 g/mol. The van der Waals surface area contributed by atoms with Crippen molar-refractivity contribution in [1.82, 2.24) is 10.2 Å². The summed E-state index contributed by atoms with van der Waals surface area (Å²) >= 11 is 0. The van der Waals surface area contributed by atoms with Gasteiger partial charge in [0, 0.05) is 6.54 Å². The molecule has 0 radical (unpaired) electrons. The fourth-order valence-corrected chi connectivity index (χ4v) is 1.80. The predicted octanol–water partition coefficient (Wildman–Crippen LogP) is 2.54. The molecule has 0 saturated carbocycles. The van der Waals surface area contributed by atoms with Gasteiger partial charge in [-0.1, -0.05) is 38.1 Å². The highest BCUT2D eigenvalue weighted by molar-refractivity contribution is 5.22. The van der Waals surface area contributed by atoms with Gasteiger partial charge in [0.25, 0.3) is 0 Å². The van der Waals surface area contributed by atoms with Crippen LogP contribution in [0.2, 0.25) is 0 Å². The quantitative estimate of drug-likeness (QED) is 0.729. The third kappa shape index (κ3) is 6.44. The van der Waals surface area contributed by atoms with Gasteiger partial charge < -0.3 is 10.2 Å². The van der Waals surface area contributed by atoms with Crippen molar-refractivity contribution in [3.05, 3.63) is 35.4 Å². The Labute approximate surface area is 106 Å². The molecule has 0 spiro atoms. The summed E-state index contributed by atoms with van der Waals surface area (Å²) in [6.07, 6.45) is 1.12. The molecule has 0 aliphatic heterocycles. The maximum atomic E-state index is 3.47. The van der Waals surface area contributed by atoms with Crippen LogP contribution in [0, 0.1) is 5.92 Å². The zero-order valence-electron chi connectivity index (χ0n) is 11.7. The molecule has 17 heavy (non-hydrogen) atoms. The van der Waals surface area contributed by atoms with Crippen molar-refractivity contribution < 1.29 is 0 Å². The molecule has 1 rings (SSSR count). The van der Waals surface area contributed by atoms with Crippen molar-refractivity contribution >= 4 is 0 Å². The van der Waals surface area contributed by atoms with Crippen molar-refractivity contribution in [2.75, 3.05) is 27.2 Å². The van der Waals surface area contributed by atoms with Gasteiger partial charge in [0.05, 0.1) is 0 Å². The molecule has 0 fully saturated rings. The summed E-state index contributed by atoms with van der Waals surface area (Å²) in [5, 5.41) is 3.47. The Hall–Kier alpha value is -0.860. The molecular formula is C15H26N2. The molecule has 2 heteroatoms. The smallest absolute Gasteiger partial charge is 0.0227 e. The number of hydrogen-bond donors (Lipinski definition) is 1. The lowest BCUT2D eigenvalue weighted by molar-refractivity contribution is 0.402. The summed E-state index contributed by atoms with van der Waals surface area (Å²) in [6.45, 7) is 7.68. The summed E-state index contributed by atoms with van der Waals surface area (Å²) in [6, 6.07) is 8.96. The van der Waals surface area contributed by atoms with E-state index in [4.69, 9.17) is 0 Å². The third-order valence-electron chi connectivity index (χ3n) is 2.66. The summed E-state index contributed by atoms with van der Waals surface area (Å²) < 4.78 is 0. The van der Waals surface area contributed by atoms with E-state index in [0.29, 0.717) is 0 Å². The molecule has 0 aliphatic carbocycles. The maximum Gasteiger partial charge on any atom is 0.0227 e. The van der Waals surface area contributed by atoms with Gasteiger partial charge >= 0.3 is 0 Å². The molecule has 0 bridgehead atoms. The highest BCUT2D eigenvalue weighted by Crippen LogP contribution is 2.06. The van der Waals surface area contributed by atoms with E-state index in [2.05, 4.69) is 62.4 Å². The largest absolute Gasteiger partial charge is 0.316 e. The van der Waals surface area contributed by atoms with Crippen LogP contribution in [0.25, 0.3) is 0 Å². The van der Waals surface area contributed by atoms with Crippen LogP contribution in [0.5, 0.6) is 0 Å². The second kappa shape index (κ2) is 7.46. The molecule has 1 N–H and O–H groups in total. The van der Waals surface area contributed by atoms with Crippen molar-refractivity contribution in [3.63, 3.8) is 0 Å². The van der Waals surface area contributed by atoms with Crippen LogP contribution in [0.1, 0.15) is 25.0 Å². The first kappa shape index (κ1) is 14.2. The maximum absolute atomic E-state index is 3.47. The third-order valence-corrected chi connectivity index (χ3v) is 2.66. The van der Waals surface area contributed by atoms with Crippen LogP contribution in [0.3, 0.4) is 0 Å². The SMILES string of the molecule is CC(C)CNCCc1ccc(CN(C)C)cc1. The molecule has 0 aromatic heterocycles. The zero-order valence-corrected chi connectivity index (χ0v) is 11.7. The van der Waals surface area contributed by atoms with Gasteiger partial charge in [-0.2, -0.15) is 0 Å². The number of rotatable bonds is 7. The van der Waals surface area contributed by atoms with Gasteiger partial charge in [-0.15, -0.1) is 0 Å². The molecule has 0 saturated heterocycles. The van der Waals surface area contributed by atoms with E-state index in [9.17, 15) is 0 Å². The Morgan fingerprint density at radius 3 is 2.18 bits per heavy atom. The number of hydrogen-bond acceptors (Lipinski definition) is 2. The normalized spacial score (nSPS) is 11.4. The van der Waals surface area contributed by atoms with Crippen LogP contribution < -0.4 is 5.32 Å². The van der Waals surface area contributed by atoms with E-state index in [1.807, 2.05) is 0 Å². The monoisotopic (exact) mass is 234 g/mol. The van der Waals surface area contributed by atoms with E-state index in [1.165, 1.54) is 11.1 Å². The number of nitrogens with zero attached hydrogens (tertiary/aromatic N) is 1. The highest BCUT2D eigenvalue weighted by atomic mass is 15.0. The zero-order chi connectivity index (χ0) is 12.7. The van der Waals surface area contributed by atoms with Gasteiger partial charge in [0.1, 0.15) is 0 Å². The van der Waals surface area contributed by atoms with E-state index >= 15 is 0 Å². The number of benzene rings is 1. The second-order valence-electron chi connectivity index (χ2n) is 5.40. The van der Waals surface area contributed by atoms with E-state index in [-0.39, 0.29) is 0 Å². The minimum atomic E-state index is 0.734. The molecule has 2 nitrogen and oxygen atoms in total. The van der Waals surface area contributed by atoms with Gasteiger partial charge in [-0.25, -0.2) is 0 Å². The minimum Gasteiger partial charge on any atom is -0.316 e. The average Bonchev–Trinajstić information content (AvgIpc) is 2.25. The van der Waals surface area contributed by atoms with Crippen LogP contribution in [-0.4, -0.2) is 32.1 Å². The lowest BCUT2D eigenvalue weighted by Crippen LogP contribution is -2.22. The van der Waals surface area contributed by atoms with Gasteiger partial charge in [-0.05, 0) is 50.7 Å². The lowest BCUT2D eigenvalue weighted by Gasteiger charge is -2.10. The molecule has 96 valence electrons. The Morgan fingerprint density at radius 1 is 1.06 bits per heavy atom. The van der Waals surface area contributed by atoms with Crippen LogP contribution >= 0.6 is 0 Å². The van der Waals surface area contributed by atoms with Gasteiger partial charge in [0.2, 0.25) is 0 Å². The van der Waals surface area contributed by atoms with Crippen molar-refractivity contribution in [1.29, 1.82) is 0 Å². The number of nitrogens with one attached hydrogen (secondary N) is 1. The second-order valence-corrected chi connectivity index (χ2v) is 5.40. The van der Waals surface area contributed by atoms with Crippen LogP contribution in [-0.2, 0) is 13.0 Å². The van der Waals surface area contributed by atoms with Crippen molar-refractivity contribution in [2.45, 2.75) is 26.8 Å². The van der Waals surface area contributed by atoms with Crippen LogP contribution in [0.15, 0.2) is 24.3 Å².